The fraction of sp³-hybridized carbons (Fsp3) is 0.333. The molecule has 0 aliphatic heterocycles. The van der Waals surface area contributed by atoms with E-state index in [1.807, 2.05) is 30.3 Å². The Morgan fingerprint density at radius 1 is 1.42 bits per heavy atom. The number of nitrogens with zero attached hydrogens (tertiary/aromatic N) is 3. The lowest BCUT2D eigenvalue weighted by Crippen LogP contribution is -2.30. The number of carbonyl (C=O) groups excluding carboxylic acids is 1. The maximum absolute atomic E-state index is 11.9. The van der Waals surface area contributed by atoms with Gasteiger partial charge in [-0.2, -0.15) is 5.21 Å². The Morgan fingerprint density at radius 2 is 2.16 bits per heavy atom. The molecule has 1 aromatic heterocycles. The zero-order chi connectivity index (χ0) is 13.7. The van der Waals surface area contributed by atoms with Gasteiger partial charge in [0.15, 0.2) is 5.82 Å². The number of hydrogen-bond donors (Lipinski definition) is 3. The van der Waals surface area contributed by atoms with Crippen molar-refractivity contribution in [3.8, 4) is 0 Å². The van der Waals surface area contributed by atoms with Crippen molar-refractivity contribution in [1.29, 1.82) is 0 Å². The summed E-state index contributed by atoms with van der Waals surface area (Å²) in [4.78, 5) is 11.9. The lowest BCUT2D eigenvalue weighted by atomic mass is 10.0. The van der Waals surface area contributed by atoms with Crippen LogP contribution in [0.4, 0.5) is 0 Å². The van der Waals surface area contributed by atoms with E-state index in [1.54, 1.807) is 6.92 Å². The van der Waals surface area contributed by atoms with Crippen LogP contribution in [0.25, 0.3) is 0 Å². The van der Waals surface area contributed by atoms with Crippen LogP contribution >= 0.6 is 0 Å². The number of hydrogen-bond acceptors (Lipinski definition) is 5. The molecule has 0 aliphatic rings. The summed E-state index contributed by atoms with van der Waals surface area (Å²) in [6, 6.07) is 8.90. The van der Waals surface area contributed by atoms with Crippen molar-refractivity contribution in [3.05, 3.63) is 41.7 Å². The van der Waals surface area contributed by atoms with Crippen molar-refractivity contribution in [2.24, 2.45) is 5.73 Å². The number of carbonyl (C=O) groups is 1. The summed E-state index contributed by atoms with van der Waals surface area (Å²) in [5, 5.41) is 16.2. The molecule has 1 amide bonds. The van der Waals surface area contributed by atoms with Crippen molar-refractivity contribution >= 4 is 5.91 Å². The lowest BCUT2D eigenvalue weighted by molar-refractivity contribution is -0.122. The molecule has 0 aliphatic carbocycles. The molecule has 19 heavy (non-hydrogen) atoms. The van der Waals surface area contributed by atoms with Crippen LogP contribution in [0.5, 0.6) is 0 Å². The molecule has 4 N–H and O–H groups in total. The normalized spacial score (nSPS) is 13.8. The van der Waals surface area contributed by atoms with Gasteiger partial charge in [0, 0.05) is 12.5 Å². The Kier molecular flexibility index (Phi) is 4.19. The number of aromatic nitrogens is 4. The van der Waals surface area contributed by atoms with Crippen LogP contribution in [0.1, 0.15) is 36.8 Å². The Balaban J connectivity index is 1.88. The number of nitrogens with one attached hydrogen (secondary N) is 2. The summed E-state index contributed by atoms with van der Waals surface area (Å²) in [5.74, 6) is 0.301. The molecule has 2 aromatic rings. The van der Waals surface area contributed by atoms with Crippen LogP contribution in [-0.2, 0) is 4.79 Å². The molecule has 0 bridgehead atoms. The predicted molar refractivity (Wildman–Crippen MR) is 68.7 cm³/mol. The highest BCUT2D eigenvalue weighted by Gasteiger charge is 2.16. The minimum absolute atomic E-state index is 0.145. The second-order valence-corrected chi connectivity index (χ2v) is 4.28. The zero-order valence-electron chi connectivity index (χ0n) is 10.6. The first-order valence-corrected chi connectivity index (χ1v) is 6.00. The molecule has 7 heteroatoms. The number of amides is 1. The van der Waals surface area contributed by atoms with Crippen LogP contribution in [0, 0.1) is 0 Å². The topological polar surface area (TPSA) is 110 Å². The van der Waals surface area contributed by atoms with Crippen LogP contribution in [-0.4, -0.2) is 26.5 Å². The van der Waals surface area contributed by atoms with E-state index in [1.165, 1.54) is 0 Å². The van der Waals surface area contributed by atoms with Gasteiger partial charge in [-0.25, -0.2) is 0 Å². The lowest BCUT2D eigenvalue weighted by Gasteiger charge is -2.14. The molecule has 7 nitrogen and oxygen atoms in total. The summed E-state index contributed by atoms with van der Waals surface area (Å²) < 4.78 is 0. The third-order valence-corrected chi connectivity index (χ3v) is 2.76. The molecule has 2 unspecified atom stereocenters. The van der Waals surface area contributed by atoms with Crippen molar-refractivity contribution in [2.45, 2.75) is 25.4 Å². The maximum Gasteiger partial charge on any atom is 0.222 e. The number of rotatable bonds is 5. The Morgan fingerprint density at radius 3 is 2.79 bits per heavy atom. The van der Waals surface area contributed by atoms with Crippen molar-refractivity contribution in [1.82, 2.24) is 25.9 Å². The fourth-order valence-corrected chi connectivity index (χ4v) is 1.74. The molecule has 2 rings (SSSR count). The van der Waals surface area contributed by atoms with Crippen LogP contribution in [0.3, 0.4) is 0 Å². The second kappa shape index (κ2) is 6.05. The summed E-state index contributed by atoms with van der Waals surface area (Å²) in [6.45, 7) is 1.79. The first-order valence-electron chi connectivity index (χ1n) is 6.00. The Hall–Kier alpha value is -2.28. The molecule has 1 heterocycles. The molecule has 0 radical (unpaired) electrons. The van der Waals surface area contributed by atoms with Gasteiger partial charge in [-0.3, -0.25) is 4.79 Å². The fourth-order valence-electron chi connectivity index (χ4n) is 1.74. The number of H-pyrrole nitrogens is 1. The zero-order valence-corrected chi connectivity index (χ0v) is 10.6. The molecule has 1 aromatic carbocycles. The van der Waals surface area contributed by atoms with E-state index in [2.05, 4.69) is 25.9 Å². The van der Waals surface area contributed by atoms with Gasteiger partial charge in [0.1, 0.15) is 0 Å². The Labute approximate surface area is 110 Å². The Bertz CT molecular complexity index is 512. The summed E-state index contributed by atoms with van der Waals surface area (Å²) in [6.07, 6.45) is 0.214. The largest absolute Gasteiger partial charge is 0.346 e. The number of benzene rings is 1. The van der Waals surface area contributed by atoms with Gasteiger partial charge in [0.25, 0.3) is 0 Å². The molecular formula is C12H16N6O. The van der Waals surface area contributed by atoms with Gasteiger partial charge in [-0.1, -0.05) is 35.5 Å². The first kappa shape index (κ1) is 13.2. The monoisotopic (exact) mass is 260 g/mol. The average molecular weight is 260 g/mol. The van der Waals surface area contributed by atoms with E-state index in [9.17, 15) is 4.79 Å². The third kappa shape index (κ3) is 3.59. The van der Waals surface area contributed by atoms with Gasteiger partial charge < -0.3 is 11.1 Å². The van der Waals surface area contributed by atoms with E-state index in [4.69, 9.17) is 5.73 Å². The molecule has 2 atom stereocenters. The quantitative estimate of drug-likeness (QED) is 0.723. The second-order valence-electron chi connectivity index (χ2n) is 4.28. The average Bonchev–Trinajstić information content (AvgIpc) is 2.93. The predicted octanol–water partition coefficient (Wildman–Crippen LogP) is 0.467. The van der Waals surface area contributed by atoms with Gasteiger partial charge >= 0.3 is 0 Å². The van der Waals surface area contributed by atoms with E-state index >= 15 is 0 Å². The molecular weight excluding hydrogens is 244 g/mol. The van der Waals surface area contributed by atoms with Gasteiger partial charge in [0.2, 0.25) is 5.91 Å². The standard InChI is InChI=1S/C12H16N6O/c1-8(12-15-17-18-16-12)14-11(19)7-10(13)9-5-3-2-4-6-9/h2-6,8,10H,7,13H2,1H3,(H,14,19)(H,15,16,17,18). The summed E-state index contributed by atoms with van der Waals surface area (Å²) in [5.41, 5.74) is 6.91. The number of aromatic amines is 1. The number of nitrogens with two attached hydrogens (primary N) is 1. The summed E-state index contributed by atoms with van der Waals surface area (Å²) in [7, 11) is 0. The van der Waals surface area contributed by atoms with Crippen molar-refractivity contribution in [3.63, 3.8) is 0 Å². The molecule has 0 saturated heterocycles. The number of tetrazole rings is 1. The van der Waals surface area contributed by atoms with Gasteiger partial charge in [-0.15, -0.1) is 10.2 Å². The maximum atomic E-state index is 11.9. The highest BCUT2D eigenvalue weighted by Crippen LogP contribution is 2.14. The van der Waals surface area contributed by atoms with E-state index in [-0.39, 0.29) is 24.4 Å². The van der Waals surface area contributed by atoms with Crippen LogP contribution < -0.4 is 11.1 Å². The van der Waals surface area contributed by atoms with Crippen molar-refractivity contribution in [2.75, 3.05) is 0 Å². The van der Waals surface area contributed by atoms with E-state index < -0.39 is 0 Å². The van der Waals surface area contributed by atoms with E-state index in [0.717, 1.165) is 5.56 Å². The van der Waals surface area contributed by atoms with Crippen molar-refractivity contribution < 1.29 is 4.79 Å². The van der Waals surface area contributed by atoms with Crippen LogP contribution in [0.2, 0.25) is 0 Å². The smallest absolute Gasteiger partial charge is 0.222 e. The highest BCUT2D eigenvalue weighted by atomic mass is 16.1. The summed E-state index contributed by atoms with van der Waals surface area (Å²) >= 11 is 0. The minimum atomic E-state index is -0.321. The SMILES string of the molecule is CC(NC(=O)CC(N)c1ccccc1)c1nn[nH]n1. The molecule has 100 valence electrons. The first-order chi connectivity index (χ1) is 9.16. The van der Waals surface area contributed by atoms with Gasteiger partial charge in [-0.05, 0) is 12.5 Å². The van der Waals surface area contributed by atoms with Crippen LogP contribution in [0.15, 0.2) is 30.3 Å². The molecule has 0 spiro atoms. The molecule has 0 saturated carbocycles. The minimum Gasteiger partial charge on any atom is -0.346 e. The highest BCUT2D eigenvalue weighted by molar-refractivity contribution is 5.77. The molecule has 0 fully saturated rings. The third-order valence-electron chi connectivity index (χ3n) is 2.76. The van der Waals surface area contributed by atoms with E-state index in [0.29, 0.717) is 5.82 Å². The van der Waals surface area contributed by atoms with Gasteiger partial charge in [0.05, 0.1) is 6.04 Å².